The Labute approximate surface area is 241 Å². The van der Waals surface area contributed by atoms with Gasteiger partial charge in [-0.2, -0.15) is 0 Å². The molecule has 1 atom stereocenters. The molecule has 0 amide bonds. The molecule has 2 heteroatoms. The van der Waals surface area contributed by atoms with Crippen molar-refractivity contribution >= 4 is 0 Å². The summed E-state index contributed by atoms with van der Waals surface area (Å²) in [6.07, 6.45) is 45.5. The van der Waals surface area contributed by atoms with Gasteiger partial charge in [0, 0.05) is 25.5 Å². The van der Waals surface area contributed by atoms with Crippen LogP contribution in [0.4, 0.5) is 0 Å². The van der Waals surface area contributed by atoms with E-state index in [-0.39, 0.29) is 0 Å². The molecule has 0 aromatic carbocycles. The molecule has 1 unspecified atom stereocenters. The zero-order valence-electron chi connectivity index (χ0n) is 26.8. The fourth-order valence-electron chi connectivity index (χ4n) is 6.19. The van der Waals surface area contributed by atoms with Crippen LogP contribution in [0, 0.1) is 0 Å². The van der Waals surface area contributed by atoms with Gasteiger partial charge in [0.2, 0.25) is 0 Å². The molecule has 0 aromatic heterocycles. The molecule has 0 saturated heterocycles. The fourth-order valence-corrected chi connectivity index (χ4v) is 6.19. The first-order valence-corrected chi connectivity index (χ1v) is 18.0. The average Bonchev–Trinajstić information content (AvgIpc) is 3.31. The van der Waals surface area contributed by atoms with Crippen molar-refractivity contribution in [2.75, 3.05) is 13.1 Å². The van der Waals surface area contributed by atoms with Crippen molar-refractivity contribution in [1.82, 2.24) is 9.80 Å². The molecule has 1 heterocycles. The van der Waals surface area contributed by atoms with Crippen molar-refractivity contribution in [1.29, 1.82) is 0 Å². The lowest BCUT2D eigenvalue weighted by atomic mass is 10.0. The Morgan fingerprint density at radius 2 is 0.605 bits per heavy atom. The van der Waals surface area contributed by atoms with Crippen LogP contribution in [0.3, 0.4) is 0 Å². The van der Waals surface area contributed by atoms with Crippen molar-refractivity contribution < 1.29 is 0 Å². The van der Waals surface area contributed by atoms with E-state index < -0.39 is 0 Å². The molecule has 1 aliphatic heterocycles. The Balaban J connectivity index is 2.23. The molecular weight excluding hydrogens is 460 g/mol. The molecule has 2 nitrogen and oxygen atoms in total. The number of unbranched alkanes of at least 4 members (excludes halogenated alkanes) is 24. The summed E-state index contributed by atoms with van der Waals surface area (Å²) in [6, 6.07) is 0. The van der Waals surface area contributed by atoms with E-state index in [1.807, 2.05) is 0 Å². The predicted octanol–water partition coefficient (Wildman–Crippen LogP) is 12.4. The molecule has 38 heavy (non-hydrogen) atoms. The van der Waals surface area contributed by atoms with E-state index >= 15 is 0 Å². The molecule has 0 fully saturated rings. The summed E-state index contributed by atoms with van der Waals surface area (Å²) in [5.41, 5.74) is 0. The van der Waals surface area contributed by atoms with Crippen molar-refractivity contribution in [3.63, 3.8) is 0 Å². The first kappa shape index (κ1) is 35.4. The second-order valence-electron chi connectivity index (χ2n) is 12.5. The molecule has 0 aromatic rings. The quantitative estimate of drug-likeness (QED) is 0.0848. The molecule has 0 spiro atoms. The summed E-state index contributed by atoms with van der Waals surface area (Å²) in [7, 11) is 0. The van der Waals surface area contributed by atoms with Crippen LogP contribution in [-0.4, -0.2) is 29.1 Å². The monoisotopic (exact) mass is 533 g/mol. The van der Waals surface area contributed by atoms with E-state index in [2.05, 4.69) is 43.0 Å². The third-order valence-corrected chi connectivity index (χ3v) is 8.82. The smallest absolute Gasteiger partial charge is 0.101 e. The summed E-state index contributed by atoms with van der Waals surface area (Å²) < 4.78 is 0. The second kappa shape index (κ2) is 27.9. The summed E-state index contributed by atoms with van der Waals surface area (Å²) in [6.45, 7) is 9.47. The van der Waals surface area contributed by atoms with Gasteiger partial charge in [-0.15, -0.1) is 0 Å². The van der Waals surface area contributed by atoms with Gasteiger partial charge in [0.25, 0.3) is 0 Å². The summed E-state index contributed by atoms with van der Waals surface area (Å²) in [5.74, 6) is 0. The van der Waals surface area contributed by atoms with E-state index in [1.165, 1.54) is 193 Å². The predicted molar refractivity (Wildman–Crippen MR) is 173 cm³/mol. The molecule has 226 valence electrons. The Kier molecular flexibility index (Phi) is 26.0. The van der Waals surface area contributed by atoms with Crippen LogP contribution in [0.2, 0.25) is 0 Å². The lowest BCUT2D eigenvalue weighted by Crippen LogP contribution is -2.39. The molecule has 0 aliphatic carbocycles. The van der Waals surface area contributed by atoms with E-state index in [1.54, 1.807) is 0 Å². The zero-order chi connectivity index (χ0) is 27.4. The maximum absolute atomic E-state index is 2.71. The minimum Gasteiger partial charge on any atom is -0.356 e. The molecule has 1 aliphatic rings. The van der Waals surface area contributed by atoms with Crippen molar-refractivity contribution in [3.05, 3.63) is 12.4 Å². The van der Waals surface area contributed by atoms with Gasteiger partial charge in [0.15, 0.2) is 0 Å². The first-order valence-electron chi connectivity index (χ1n) is 18.0. The number of nitrogens with zero attached hydrogens (tertiary/aromatic N) is 2. The molecule has 0 radical (unpaired) electrons. The summed E-state index contributed by atoms with van der Waals surface area (Å²) >= 11 is 0. The molecular formula is C36H72N2. The normalized spacial score (nSPS) is 15.3. The van der Waals surface area contributed by atoms with Gasteiger partial charge in [0.1, 0.15) is 6.17 Å². The molecule has 1 rings (SSSR count). The standard InChI is InChI=1S/C36H72N2/c1-4-7-10-13-16-18-19-20-21-22-25-28-31-36-37(32-29-26-23-15-12-9-6-3)34-35-38(36)33-30-27-24-17-14-11-8-5-2/h34-36H,4-33H2,1-3H3. The first-order chi connectivity index (χ1) is 18.8. The maximum Gasteiger partial charge on any atom is 0.101 e. The molecule has 0 bridgehead atoms. The SMILES string of the molecule is CCCCCCCCCCCCCCC1N(CCCCCCCCC)C=CN1CCCCCCCCCC. The Morgan fingerprint density at radius 1 is 0.342 bits per heavy atom. The Bertz CT molecular complexity index is 488. The summed E-state index contributed by atoms with van der Waals surface area (Å²) in [5, 5.41) is 0. The van der Waals surface area contributed by atoms with E-state index in [9.17, 15) is 0 Å². The van der Waals surface area contributed by atoms with Crippen LogP contribution in [0.5, 0.6) is 0 Å². The largest absolute Gasteiger partial charge is 0.356 e. The molecule has 0 N–H and O–H groups in total. The highest BCUT2D eigenvalue weighted by Crippen LogP contribution is 2.24. The van der Waals surface area contributed by atoms with E-state index in [0.717, 1.165) is 0 Å². The highest BCUT2D eigenvalue weighted by molar-refractivity contribution is 4.97. The van der Waals surface area contributed by atoms with Crippen LogP contribution in [0.25, 0.3) is 0 Å². The van der Waals surface area contributed by atoms with Crippen molar-refractivity contribution in [2.24, 2.45) is 0 Å². The van der Waals surface area contributed by atoms with Crippen LogP contribution < -0.4 is 0 Å². The second-order valence-corrected chi connectivity index (χ2v) is 12.5. The van der Waals surface area contributed by atoms with E-state index in [4.69, 9.17) is 0 Å². The Hall–Kier alpha value is -0.660. The maximum atomic E-state index is 2.71. The molecule has 0 saturated carbocycles. The average molecular weight is 533 g/mol. The topological polar surface area (TPSA) is 6.48 Å². The number of hydrogen-bond acceptors (Lipinski definition) is 2. The van der Waals surface area contributed by atoms with Crippen LogP contribution in [0.15, 0.2) is 12.4 Å². The van der Waals surface area contributed by atoms with Crippen molar-refractivity contribution in [2.45, 2.75) is 207 Å². The van der Waals surface area contributed by atoms with Gasteiger partial charge >= 0.3 is 0 Å². The number of rotatable bonds is 30. The van der Waals surface area contributed by atoms with Gasteiger partial charge in [0.05, 0.1) is 0 Å². The van der Waals surface area contributed by atoms with Gasteiger partial charge in [-0.25, -0.2) is 0 Å². The van der Waals surface area contributed by atoms with Crippen LogP contribution in [-0.2, 0) is 0 Å². The lowest BCUT2D eigenvalue weighted by molar-refractivity contribution is 0.135. The van der Waals surface area contributed by atoms with Gasteiger partial charge < -0.3 is 9.80 Å². The van der Waals surface area contributed by atoms with Crippen LogP contribution >= 0.6 is 0 Å². The third kappa shape index (κ3) is 20.3. The van der Waals surface area contributed by atoms with Gasteiger partial charge in [-0.3, -0.25) is 0 Å². The lowest BCUT2D eigenvalue weighted by Gasteiger charge is -2.33. The van der Waals surface area contributed by atoms with Crippen molar-refractivity contribution in [3.8, 4) is 0 Å². The minimum absolute atomic E-state index is 0.641. The van der Waals surface area contributed by atoms with E-state index in [0.29, 0.717) is 6.17 Å². The minimum atomic E-state index is 0.641. The highest BCUT2D eigenvalue weighted by atomic mass is 15.4. The number of hydrogen-bond donors (Lipinski definition) is 0. The summed E-state index contributed by atoms with van der Waals surface area (Å²) in [4.78, 5) is 5.41. The Morgan fingerprint density at radius 3 is 0.921 bits per heavy atom. The van der Waals surface area contributed by atoms with Gasteiger partial charge in [-0.05, 0) is 25.7 Å². The van der Waals surface area contributed by atoms with Gasteiger partial charge in [-0.1, -0.05) is 175 Å². The van der Waals surface area contributed by atoms with Crippen LogP contribution in [0.1, 0.15) is 201 Å². The highest BCUT2D eigenvalue weighted by Gasteiger charge is 2.24. The fraction of sp³-hybridized carbons (Fsp3) is 0.944. The zero-order valence-corrected chi connectivity index (χ0v) is 26.8. The third-order valence-electron chi connectivity index (χ3n) is 8.82.